The highest BCUT2D eigenvalue weighted by Crippen LogP contribution is 2.25. The van der Waals surface area contributed by atoms with Gasteiger partial charge in [-0.05, 0) is 72.8 Å². The van der Waals surface area contributed by atoms with E-state index in [1.807, 2.05) is 109 Å². The Morgan fingerprint density at radius 1 is 0.233 bits per heavy atom. The summed E-state index contributed by atoms with van der Waals surface area (Å²) in [5, 5.41) is 25.3. The van der Waals surface area contributed by atoms with Gasteiger partial charge in [0.2, 0.25) is 0 Å². The standard InChI is InChI=1S/C24H18N6/c1-3-7-19(8-4-1)25-27-21-11-15-23(16-12-21)29-30-24-17-13-22(14-18-24)28-26-20-9-5-2-6-10-20/h1-18H. The van der Waals surface area contributed by atoms with E-state index in [2.05, 4.69) is 30.7 Å². The average Bonchev–Trinajstić information content (AvgIpc) is 2.83. The summed E-state index contributed by atoms with van der Waals surface area (Å²) >= 11 is 0. The predicted molar refractivity (Wildman–Crippen MR) is 118 cm³/mol. The van der Waals surface area contributed by atoms with Crippen molar-refractivity contribution in [2.75, 3.05) is 0 Å². The van der Waals surface area contributed by atoms with Crippen LogP contribution in [0, 0.1) is 0 Å². The monoisotopic (exact) mass is 390 g/mol. The van der Waals surface area contributed by atoms with E-state index in [1.165, 1.54) is 0 Å². The molecule has 0 fully saturated rings. The molecular formula is C24H18N6. The Bertz CT molecular complexity index is 1060. The van der Waals surface area contributed by atoms with E-state index in [-0.39, 0.29) is 0 Å². The van der Waals surface area contributed by atoms with Crippen LogP contribution in [0.1, 0.15) is 0 Å². The van der Waals surface area contributed by atoms with Gasteiger partial charge in [-0.2, -0.15) is 30.7 Å². The molecule has 0 heterocycles. The van der Waals surface area contributed by atoms with Crippen molar-refractivity contribution in [2.45, 2.75) is 0 Å². The van der Waals surface area contributed by atoms with Crippen LogP contribution in [0.2, 0.25) is 0 Å². The first-order valence-electron chi connectivity index (χ1n) is 9.41. The van der Waals surface area contributed by atoms with Gasteiger partial charge in [0.05, 0.1) is 34.1 Å². The van der Waals surface area contributed by atoms with Crippen LogP contribution in [-0.2, 0) is 0 Å². The van der Waals surface area contributed by atoms with E-state index in [1.54, 1.807) is 0 Å². The van der Waals surface area contributed by atoms with E-state index in [0.717, 1.165) is 34.1 Å². The van der Waals surface area contributed by atoms with Gasteiger partial charge < -0.3 is 0 Å². The normalized spacial score (nSPS) is 11.6. The molecule has 0 saturated heterocycles. The van der Waals surface area contributed by atoms with E-state index < -0.39 is 0 Å². The van der Waals surface area contributed by atoms with Crippen molar-refractivity contribution in [1.29, 1.82) is 0 Å². The maximum absolute atomic E-state index is 4.26. The molecule has 0 saturated carbocycles. The molecule has 0 aliphatic heterocycles. The van der Waals surface area contributed by atoms with Crippen LogP contribution in [-0.4, -0.2) is 0 Å². The second-order valence-electron chi connectivity index (χ2n) is 6.30. The van der Waals surface area contributed by atoms with E-state index >= 15 is 0 Å². The molecule has 0 bridgehead atoms. The Kier molecular flexibility index (Phi) is 6.18. The first-order chi connectivity index (χ1) is 14.8. The molecule has 6 heteroatoms. The lowest BCUT2D eigenvalue weighted by Gasteiger charge is -1.96. The second-order valence-corrected chi connectivity index (χ2v) is 6.30. The zero-order valence-corrected chi connectivity index (χ0v) is 16.1. The van der Waals surface area contributed by atoms with Crippen LogP contribution in [0.4, 0.5) is 34.1 Å². The molecule has 0 amide bonds. The molecule has 0 atom stereocenters. The number of benzene rings is 4. The van der Waals surface area contributed by atoms with Gasteiger partial charge in [-0.15, -0.1) is 0 Å². The number of nitrogens with zero attached hydrogens (tertiary/aromatic N) is 6. The molecular weight excluding hydrogens is 372 g/mol. The van der Waals surface area contributed by atoms with Gasteiger partial charge in [0.15, 0.2) is 0 Å². The third kappa shape index (κ3) is 5.59. The molecule has 144 valence electrons. The third-order valence-corrected chi connectivity index (χ3v) is 4.05. The summed E-state index contributed by atoms with van der Waals surface area (Å²) in [5.41, 5.74) is 4.61. The molecule has 0 spiro atoms. The zero-order valence-electron chi connectivity index (χ0n) is 16.1. The van der Waals surface area contributed by atoms with Crippen molar-refractivity contribution in [3.05, 3.63) is 109 Å². The molecule has 4 aromatic rings. The fraction of sp³-hybridized carbons (Fsp3) is 0. The lowest BCUT2D eigenvalue weighted by Crippen LogP contribution is -1.67. The summed E-state index contributed by atoms with van der Waals surface area (Å²) in [5.74, 6) is 0. The minimum absolute atomic E-state index is 0.738. The quantitative estimate of drug-likeness (QED) is 0.295. The van der Waals surface area contributed by atoms with Gasteiger partial charge in [0, 0.05) is 0 Å². The highest BCUT2D eigenvalue weighted by atomic mass is 15.1. The fourth-order valence-corrected chi connectivity index (χ4v) is 2.51. The largest absolute Gasteiger partial charge is 0.151 e. The van der Waals surface area contributed by atoms with E-state index in [0.29, 0.717) is 0 Å². The van der Waals surface area contributed by atoms with Crippen molar-refractivity contribution >= 4 is 34.1 Å². The molecule has 6 nitrogen and oxygen atoms in total. The molecule has 30 heavy (non-hydrogen) atoms. The van der Waals surface area contributed by atoms with Crippen LogP contribution in [0.25, 0.3) is 0 Å². The Morgan fingerprint density at radius 3 is 0.667 bits per heavy atom. The van der Waals surface area contributed by atoms with Crippen molar-refractivity contribution in [1.82, 2.24) is 0 Å². The summed E-state index contributed by atoms with van der Waals surface area (Å²) in [7, 11) is 0. The number of azo groups is 3. The molecule has 0 N–H and O–H groups in total. The van der Waals surface area contributed by atoms with Gasteiger partial charge >= 0.3 is 0 Å². The Labute approximate surface area is 174 Å². The molecule has 0 aliphatic rings. The smallest absolute Gasteiger partial charge is 0.0858 e. The van der Waals surface area contributed by atoms with Crippen molar-refractivity contribution < 1.29 is 0 Å². The Morgan fingerprint density at radius 2 is 0.433 bits per heavy atom. The van der Waals surface area contributed by atoms with Crippen LogP contribution in [0.15, 0.2) is 140 Å². The lowest BCUT2D eigenvalue weighted by atomic mass is 10.3. The summed E-state index contributed by atoms with van der Waals surface area (Å²) in [6.45, 7) is 0. The zero-order chi connectivity index (χ0) is 20.4. The maximum atomic E-state index is 4.26. The fourth-order valence-electron chi connectivity index (χ4n) is 2.51. The van der Waals surface area contributed by atoms with Gasteiger partial charge in [0.1, 0.15) is 0 Å². The summed E-state index contributed by atoms with van der Waals surface area (Å²) in [6.07, 6.45) is 0. The van der Waals surface area contributed by atoms with E-state index in [9.17, 15) is 0 Å². The third-order valence-electron chi connectivity index (χ3n) is 4.05. The minimum atomic E-state index is 0.738. The summed E-state index contributed by atoms with van der Waals surface area (Å²) in [6, 6.07) is 34.0. The molecule has 4 aromatic carbocycles. The predicted octanol–water partition coefficient (Wildman–Crippen LogP) is 8.93. The van der Waals surface area contributed by atoms with Gasteiger partial charge in [0.25, 0.3) is 0 Å². The van der Waals surface area contributed by atoms with E-state index in [4.69, 9.17) is 0 Å². The maximum Gasteiger partial charge on any atom is 0.0858 e. The van der Waals surface area contributed by atoms with Crippen LogP contribution in [0.5, 0.6) is 0 Å². The topological polar surface area (TPSA) is 74.2 Å². The number of hydrogen-bond donors (Lipinski definition) is 0. The molecule has 0 unspecified atom stereocenters. The number of rotatable bonds is 6. The molecule has 0 radical (unpaired) electrons. The first-order valence-corrected chi connectivity index (χ1v) is 9.41. The summed E-state index contributed by atoms with van der Waals surface area (Å²) in [4.78, 5) is 0. The second kappa shape index (κ2) is 9.75. The lowest BCUT2D eigenvalue weighted by molar-refractivity contribution is 1.20. The van der Waals surface area contributed by atoms with Gasteiger partial charge in [-0.1, -0.05) is 36.4 Å². The van der Waals surface area contributed by atoms with Gasteiger partial charge in [-0.25, -0.2) is 0 Å². The average molecular weight is 390 g/mol. The van der Waals surface area contributed by atoms with Crippen LogP contribution < -0.4 is 0 Å². The molecule has 0 aliphatic carbocycles. The highest BCUT2D eigenvalue weighted by molar-refractivity contribution is 5.50. The van der Waals surface area contributed by atoms with Crippen LogP contribution >= 0.6 is 0 Å². The van der Waals surface area contributed by atoms with Crippen molar-refractivity contribution in [3.8, 4) is 0 Å². The first kappa shape index (κ1) is 19.0. The number of hydrogen-bond acceptors (Lipinski definition) is 6. The van der Waals surface area contributed by atoms with Gasteiger partial charge in [-0.3, -0.25) is 0 Å². The SMILES string of the molecule is c1ccc(N=Nc2ccc(N=Nc3ccc(N=Nc4ccccc4)cc3)cc2)cc1. The minimum Gasteiger partial charge on any atom is -0.151 e. The Hall–Kier alpha value is -4.32. The molecule has 0 aromatic heterocycles. The van der Waals surface area contributed by atoms with Crippen molar-refractivity contribution in [2.24, 2.45) is 30.7 Å². The Balaban J connectivity index is 1.36. The highest BCUT2D eigenvalue weighted by Gasteiger charge is 1.95. The van der Waals surface area contributed by atoms with Crippen molar-refractivity contribution in [3.63, 3.8) is 0 Å². The van der Waals surface area contributed by atoms with Crippen LogP contribution in [0.3, 0.4) is 0 Å². The molecule has 4 rings (SSSR count). The summed E-state index contributed by atoms with van der Waals surface area (Å²) < 4.78 is 0.